The Morgan fingerprint density at radius 3 is 2.31 bits per heavy atom. The first-order valence-electron chi connectivity index (χ1n) is 9.97. The van der Waals surface area contributed by atoms with E-state index in [1.807, 2.05) is 22.4 Å². The summed E-state index contributed by atoms with van der Waals surface area (Å²) in [5.41, 5.74) is 2.74. The number of carbonyl (C=O) groups excluding carboxylic acids is 2. The summed E-state index contributed by atoms with van der Waals surface area (Å²) in [5, 5.41) is 4.74. The summed E-state index contributed by atoms with van der Waals surface area (Å²) < 4.78 is 0. The lowest BCUT2D eigenvalue weighted by molar-refractivity contribution is 0.0690. The summed E-state index contributed by atoms with van der Waals surface area (Å²) >= 11 is 1.40. The van der Waals surface area contributed by atoms with Crippen LogP contribution in [0, 0.1) is 5.92 Å². The maximum atomic E-state index is 12.8. The molecule has 5 heteroatoms. The van der Waals surface area contributed by atoms with Crippen molar-refractivity contribution < 1.29 is 9.59 Å². The number of nitrogens with zero attached hydrogens (tertiary/aromatic N) is 1. The molecule has 1 aromatic heterocycles. The molecule has 1 saturated heterocycles. The molecule has 0 spiro atoms. The van der Waals surface area contributed by atoms with Crippen LogP contribution in [0.25, 0.3) is 0 Å². The Bertz CT molecular complexity index is 944. The summed E-state index contributed by atoms with van der Waals surface area (Å²) in [5.74, 6) is 0.579. The standard InChI is InChI=1S/C24H24N2O2S/c27-23(22-7-4-16-29-22)25-21-10-8-20(9-11-21)24(28)26-14-12-19(13-15-26)17-18-5-2-1-3-6-18/h1-11,16,19H,12-15,17H2,(H,25,27). The fourth-order valence-corrected chi connectivity index (χ4v) is 4.39. The number of nitrogens with one attached hydrogen (secondary N) is 1. The lowest BCUT2D eigenvalue weighted by Gasteiger charge is -2.32. The summed E-state index contributed by atoms with van der Waals surface area (Å²) in [6, 6.07) is 21.4. The largest absolute Gasteiger partial charge is 0.339 e. The summed E-state index contributed by atoms with van der Waals surface area (Å²) in [4.78, 5) is 27.6. The molecular weight excluding hydrogens is 380 g/mol. The average molecular weight is 405 g/mol. The Morgan fingerprint density at radius 1 is 0.931 bits per heavy atom. The van der Waals surface area contributed by atoms with Crippen molar-refractivity contribution in [2.75, 3.05) is 18.4 Å². The second-order valence-electron chi connectivity index (χ2n) is 7.43. The number of thiophene rings is 1. The maximum absolute atomic E-state index is 12.8. The molecule has 0 saturated carbocycles. The molecule has 0 radical (unpaired) electrons. The molecule has 1 N–H and O–H groups in total. The van der Waals surface area contributed by atoms with Crippen molar-refractivity contribution in [2.45, 2.75) is 19.3 Å². The fraction of sp³-hybridized carbons (Fsp3) is 0.250. The van der Waals surface area contributed by atoms with E-state index in [0.29, 0.717) is 22.0 Å². The van der Waals surface area contributed by atoms with Crippen LogP contribution >= 0.6 is 11.3 Å². The van der Waals surface area contributed by atoms with E-state index in [1.165, 1.54) is 16.9 Å². The predicted octanol–water partition coefficient (Wildman–Crippen LogP) is 5.10. The van der Waals surface area contributed by atoms with Crippen molar-refractivity contribution in [3.63, 3.8) is 0 Å². The summed E-state index contributed by atoms with van der Waals surface area (Å²) in [6.45, 7) is 1.60. The van der Waals surface area contributed by atoms with Crippen molar-refractivity contribution in [3.8, 4) is 0 Å². The molecule has 1 aliphatic rings. The third kappa shape index (κ3) is 4.93. The smallest absolute Gasteiger partial charge is 0.265 e. The molecule has 0 aliphatic carbocycles. The first-order valence-corrected chi connectivity index (χ1v) is 10.8. The van der Waals surface area contributed by atoms with E-state index in [0.717, 1.165) is 32.4 Å². The van der Waals surface area contributed by atoms with Crippen LogP contribution in [0.3, 0.4) is 0 Å². The number of hydrogen-bond donors (Lipinski definition) is 1. The van der Waals surface area contributed by atoms with Crippen molar-refractivity contribution in [1.82, 2.24) is 4.90 Å². The summed E-state index contributed by atoms with van der Waals surface area (Å²) in [7, 11) is 0. The zero-order valence-electron chi connectivity index (χ0n) is 16.2. The molecule has 29 heavy (non-hydrogen) atoms. The highest BCUT2D eigenvalue weighted by Crippen LogP contribution is 2.23. The Morgan fingerprint density at radius 2 is 1.66 bits per heavy atom. The molecule has 3 aromatic rings. The second kappa shape index (κ2) is 9.05. The number of rotatable bonds is 5. The number of piperidine rings is 1. The number of carbonyl (C=O) groups is 2. The van der Waals surface area contributed by atoms with Gasteiger partial charge in [0.15, 0.2) is 0 Å². The lowest BCUT2D eigenvalue weighted by Crippen LogP contribution is -2.38. The first-order chi connectivity index (χ1) is 14.2. The highest BCUT2D eigenvalue weighted by molar-refractivity contribution is 7.12. The SMILES string of the molecule is O=C(Nc1ccc(C(=O)N2CCC(Cc3ccccc3)CC2)cc1)c1cccs1. The van der Waals surface area contributed by atoms with Crippen molar-refractivity contribution in [2.24, 2.45) is 5.92 Å². The quantitative estimate of drug-likeness (QED) is 0.643. The van der Waals surface area contributed by atoms with Crippen LogP contribution < -0.4 is 5.32 Å². The van der Waals surface area contributed by atoms with Crippen LogP contribution in [0.2, 0.25) is 0 Å². The number of hydrogen-bond acceptors (Lipinski definition) is 3. The van der Waals surface area contributed by atoms with Gasteiger partial charge in [-0.05, 0) is 66.5 Å². The van der Waals surface area contributed by atoms with Gasteiger partial charge in [-0.3, -0.25) is 9.59 Å². The van der Waals surface area contributed by atoms with E-state index >= 15 is 0 Å². The number of anilines is 1. The molecule has 148 valence electrons. The number of benzene rings is 2. The molecule has 1 fully saturated rings. The zero-order chi connectivity index (χ0) is 20.1. The van der Waals surface area contributed by atoms with Gasteiger partial charge in [-0.25, -0.2) is 0 Å². The minimum absolute atomic E-state index is 0.0688. The van der Waals surface area contributed by atoms with Crippen molar-refractivity contribution >= 4 is 28.8 Å². The molecule has 0 atom stereocenters. The molecule has 0 unspecified atom stereocenters. The van der Waals surface area contributed by atoms with Crippen LogP contribution in [0.4, 0.5) is 5.69 Å². The van der Waals surface area contributed by atoms with E-state index in [1.54, 1.807) is 30.3 Å². The van der Waals surface area contributed by atoms with E-state index in [2.05, 4.69) is 29.6 Å². The topological polar surface area (TPSA) is 49.4 Å². The molecule has 2 heterocycles. The van der Waals surface area contributed by atoms with Gasteiger partial charge in [0.2, 0.25) is 0 Å². The third-order valence-electron chi connectivity index (χ3n) is 5.40. The minimum atomic E-state index is -0.125. The van der Waals surface area contributed by atoms with Crippen LogP contribution in [0.1, 0.15) is 38.4 Å². The van der Waals surface area contributed by atoms with Gasteiger partial charge in [-0.2, -0.15) is 0 Å². The zero-order valence-corrected chi connectivity index (χ0v) is 17.0. The first kappa shape index (κ1) is 19.4. The van der Waals surface area contributed by atoms with E-state index in [9.17, 15) is 9.59 Å². The maximum Gasteiger partial charge on any atom is 0.265 e. The van der Waals surface area contributed by atoms with Gasteiger partial charge in [-0.1, -0.05) is 36.4 Å². The lowest BCUT2D eigenvalue weighted by atomic mass is 9.90. The fourth-order valence-electron chi connectivity index (χ4n) is 3.77. The van der Waals surface area contributed by atoms with Gasteiger partial charge < -0.3 is 10.2 Å². The van der Waals surface area contributed by atoms with Gasteiger partial charge in [0.05, 0.1) is 4.88 Å². The van der Waals surface area contributed by atoms with Crippen LogP contribution in [-0.4, -0.2) is 29.8 Å². The van der Waals surface area contributed by atoms with Gasteiger partial charge in [-0.15, -0.1) is 11.3 Å². The third-order valence-corrected chi connectivity index (χ3v) is 6.27. The van der Waals surface area contributed by atoms with Gasteiger partial charge >= 0.3 is 0 Å². The summed E-state index contributed by atoms with van der Waals surface area (Å²) in [6.07, 6.45) is 3.16. The number of likely N-dealkylation sites (tertiary alicyclic amines) is 1. The Hall–Kier alpha value is -2.92. The molecule has 1 aliphatic heterocycles. The highest BCUT2D eigenvalue weighted by atomic mass is 32.1. The molecule has 2 aromatic carbocycles. The highest BCUT2D eigenvalue weighted by Gasteiger charge is 2.23. The molecule has 4 rings (SSSR count). The van der Waals surface area contributed by atoms with E-state index < -0.39 is 0 Å². The second-order valence-corrected chi connectivity index (χ2v) is 8.38. The Balaban J connectivity index is 1.30. The van der Waals surface area contributed by atoms with E-state index in [4.69, 9.17) is 0 Å². The van der Waals surface area contributed by atoms with Gasteiger partial charge in [0.1, 0.15) is 0 Å². The van der Waals surface area contributed by atoms with Gasteiger partial charge in [0, 0.05) is 24.3 Å². The monoisotopic (exact) mass is 404 g/mol. The van der Waals surface area contributed by atoms with Crippen molar-refractivity contribution in [3.05, 3.63) is 88.1 Å². The van der Waals surface area contributed by atoms with Crippen molar-refractivity contribution in [1.29, 1.82) is 0 Å². The molecular formula is C24H24N2O2S. The Labute approximate surface area is 175 Å². The molecule has 0 bridgehead atoms. The Kier molecular flexibility index (Phi) is 6.06. The minimum Gasteiger partial charge on any atom is -0.339 e. The van der Waals surface area contributed by atoms with E-state index in [-0.39, 0.29) is 11.8 Å². The molecule has 2 amide bonds. The predicted molar refractivity (Wildman–Crippen MR) is 117 cm³/mol. The molecule has 4 nitrogen and oxygen atoms in total. The van der Waals surface area contributed by atoms with Gasteiger partial charge in [0.25, 0.3) is 11.8 Å². The van der Waals surface area contributed by atoms with Crippen LogP contribution in [-0.2, 0) is 6.42 Å². The van der Waals surface area contributed by atoms with Crippen LogP contribution in [0.15, 0.2) is 72.1 Å². The normalized spacial score (nSPS) is 14.6. The average Bonchev–Trinajstić information content (AvgIpc) is 3.30. The number of amides is 2. The van der Waals surface area contributed by atoms with Crippen LogP contribution in [0.5, 0.6) is 0 Å².